The number of carboxylic acids is 1. The molecule has 0 aliphatic rings. The number of carbonyl (C=O) groups excluding carboxylic acids is 2. The number of imide groups is 1. The van der Waals surface area contributed by atoms with Gasteiger partial charge in [-0.05, 0) is 65.1 Å². The summed E-state index contributed by atoms with van der Waals surface area (Å²) in [6.07, 6.45) is 2.54. The Morgan fingerprint density at radius 2 is 1.72 bits per heavy atom. The smallest absolute Gasteiger partial charge is 0.336 e. The zero-order valence-corrected chi connectivity index (χ0v) is 21.7. The minimum atomic E-state index is -1.15. The molecule has 4 aromatic rings. The van der Waals surface area contributed by atoms with Crippen LogP contribution in [0.4, 0.5) is 4.79 Å². The van der Waals surface area contributed by atoms with E-state index in [2.05, 4.69) is 4.98 Å². The number of H-pyrrole nitrogens is 1. The number of methoxy groups -OCH3 is 1. The van der Waals surface area contributed by atoms with Crippen molar-refractivity contribution in [3.05, 3.63) is 88.6 Å². The molecule has 39 heavy (non-hydrogen) atoms. The number of carboxylic acid groups (broad SMARTS) is 1. The molecule has 10 heteroatoms. The fourth-order valence-electron chi connectivity index (χ4n) is 4.79. The standard InChI is InChI=1S/C29H29N5O5/c1-4-18(24-14-33-25-12-15(26(30)31)5-9-21(24)25)19-8-6-16(27(35)34(2)29(32)38)11-22(19)20-10-7-17(39-3)13-23(20)28(36)37/h5-14,18,33H,4H2,1-3H3,(H3,30,31)(H2,32,38)(H,36,37). The number of nitrogen functional groups attached to an aromatic ring is 1. The van der Waals surface area contributed by atoms with E-state index in [0.717, 1.165) is 26.9 Å². The fraction of sp³-hybridized carbons (Fsp3) is 0.172. The molecule has 10 nitrogen and oxygen atoms in total. The minimum Gasteiger partial charge on any atom is -0.497 e. The molecule has 1 heterocycles. The molecule has 0 radical (unpaired) electrons. The number of amidine groups is 1. The third kappa shape index (κ3) is 5.04. The predicted molar refractivity (Wildman–Crippen MR) is 149 cm³/mol. The molecule has 0 bridgehead atoms. The second-order valence-electron chi connectivity index (χ2n) is 9.10. The number of urea groups is 1. The number of hydrogen-bond donors (Lipinski definition) is 5. The molecule has 0 saturated carbocycles. The average molecular weight is 528 g/mol. The van der Waals surface area contributed by atoms with Crippen LogP contribution in [0.15, 0.2) is 60.8 Å². The van der Waals surface area contributed by atoms with E-state index in [0.29, 0.717) is 28.9 Å². The first kappa shape index (κ1) is 26.9. The summed E-state index contributed by atoms with van der Waals surface area (Å²) < 4.78 is 5.24. The Labute approximate surface area is 224 Å². The van der Waals surface area contributed by atoms with Crippen molar-refractivity contribution in [1.29, 1.82) is 5.41 Å². The van der Waals surface area contributed by atoms with Gasteiger partial charge in [0.05, 0.1) is 12.7 Å². The number of aromatic carboxylic acids is 1. The zero-order chi connectivity index (χ0) is 28.4. The second kappa shape index (κ2) is 10.7. The summed E-state index contributed by atoms with van der Waals surface area (Å²) in [6, 6.07) is 14.3. The van der Waals surface area contributed by atoms with Crippen LogP contribution in [0.25, 0.3) is 22.0 Å². The van der Waals surface area contributed by atoms with Gasteiger partial charge in [-0.25, -0.2) is 9.59 Å². The SMILES string of the molecule is CCC(c1ccc(C(=O)N(C)C(N)=O)cc1-c1ccc(OC)cc1C(=O)O)c1c[nH]c2cc(C(=N)N)ccc12. The lowest BCUT2D eigenvalue weighted by Crippen LogP contribution is -2.37. The van der Waals surface area contributed by atoms with E-state index in [9.17, 15) is 19.5 Å². The largest absolute Gasteiger partial charge is 0.497 e. The van der Waals surface area contributed by atoms with Gasteiger partial charge in [0.15, 0.2) is 0 Å². The number of nitrogens with two attached hydrogens (primary N) is 2. The Balaban J connectivity index is 1.97. The van der Waals surface area contributed by atoms with Crippen molar-refractivity contribution < 1.29 is 24.2 Å². The van der Waals surface area contributed by atoms with Crippen molar-refractivity contribution in [2.75, 3.05) is 14.2 Å². The minimum absolute atomic E-state index is 0.00309. The first-order valence-corrected chi connectivity index (χ1v) is 12.2. The highest BCUT2D eigenvalue weighted by atomic mass is 16.5. The lowest BCUT2D eigenvalue weighted by Gasteiger charge is -2.22. The van der Waals surface area contributed by atoms with E-state index in [1.807, 2.05) is 25.3 Å². The molecule has 0 fully saturated rings. The maximum absolute atomic E-state index is 13.0. The molecule has 200 valence electrons. The number of carbonyl (C=O) groups is 3. The van der Waals surface area contributed by atoms with Crippen LogP contribution in [0.1, 0.15) is 56.7 Å². The summed E-state index contributed by atoms with van der Waals surface area (Å²) >= 11 is 0. The number of rotatable bonds is 8. The molecule has 0 aliphatic heterocycles. The van der Waals surface area contributed by atoms with Crippen molar-refractivity contribution in [3.8, 4) is 16.9 Å². The van der Waals surface area contributed by atoms with Gasteiger partial charge in [-0.2, -0.15) is 0 Å². The number of benzene rings is 3. The van der Waals surface area contributed by atoms with Crippen LogP contribution < -0.4 is 16.2 Å². The van der Waals surface area contributed by atoms with Gasteiger partial charge in [-0.1, -0.05) is 25.1 Å². The van der Waals surface area contributed by atoms with Crippen molar-refractivity contribution in [2.45, 2.75) is 19.3 Å². The Kier molecular flexibility index (Phi) is 7.39. The van der Waals surface area contributed by atoms with Crippen LogP contribution in [-0.4, -0.2) is 52.9 Å². The highest BCUT2D eigenvalue weighted by Crippen LogP contribution is 2.40. The van der Waals surface area contributed by atoms with E-state index < -0.39 is 17.9 Å². The van der Waals surface area contributed by atoms with Crippen LogP contribution in [0.3, 0.4) is 0 Å². The van der Waals surface area contributed by atoms with Gasteiger partial charge in [0, 0.05) is 41.2 Å². The molecule has 7 N–H and O–H groups in total. The summed E-state index contributed by atoms with van der Waals surface area (Å²) in [5, 5.41) is 18.7. The molecule has 1 atom stereocenters. The average Bonchev–Trinajstić information content (AvgIpc) is 3.35. The normalized spacial score (nSPS) is 11.7. The molecule has 1 aromatic heterocycles. The van der Waals surface area contributed by atoms with E-state index in [4.69, 9.17) is 21.6 Å². The quantitative estimate of drug-likeness (QED) is 0.166. The number of ether oxygens (including phenoxy) is 1. The third-order valence-corrected chi connectivity index (χ3v) is 6.87. The summed E-state index contributed by atoms with van der Waals surface area (Å²) in [7, 11) is 2.73. The molecule has 0 spiro atoms. The number of aromatic amines is 1. The topological polar surface area (TPSA) is 176 Å². The van der Waals surface area contributed by atoms with Crippen molar-refractivity contribution in [2.24, 2.45) is 11.5 Å². The van der Waals surface area contributed by atoms with Gasteiger partial charge in [-0.15, -0.1) is 0 Å². The highest BCUT2D eigenvalue weighted by Gasteiger charge is 2.25. The summed E-state index contributed by atoms with van der Waals surface area (Å²) in [5.41, 5.74) is 15.2. The van der Waals surface area contributed by atoms with E-state index in [-0.39, 0.29) is 22.9 Å². The molecule has 4 rings (SSSR count). The number of fused-ring (bicyclic) bond motifs is 1. The van der Waals surface area contributed by atoms with E-state index in [1.54, 1.807) is 36.4 Å². The maximum Gasteiger partial charge on any atom is 0.336 e. The Hall–Kier alpha value is -5.12. The monoisotopic (exact) mass is 527 g/mol. The van der Waals surface area contributed by atoms with Gasteiger partial charge in [0.1, 0.15) is 11.6 Å². The van der Waals surface area contributed by atoms with Gasteiger partial charge >= 0.3 is 12.0 Å². The number of nitrogens with zero attached hydrogens (tertiary/aromatic N) is 1. The van der Waals surface area contributed by atoms with Gasteiger partial charge in [0.25, 0.3) is 5.91 Å². The number of hydrogen-bond acceptors (Lipinski definition) is 5. The Morgan fingerprint density at radius 3 is 2.33 bits per heavy atom. The number of aromatic nitrogens is 1. The highest BCUT2D eigenvalue weighted by molar-refractivity contribution is 6.05. The fourth-order valence-corrected chi connectivity index (χ4v) is 4.79. The van der Waals surface area contributed by atoms with Crippen molar-refractivity contribution >= 4 is 34.6 Å². The lowest BCUT2D eigenvalue weighted by molar-refractivity contribution is 0.0696. The van der Waals surface area contributed by atoms with Crippen LogP contribution in [-0.2, 0) is 0 Å². The van der Waals surface area contributed by atoms with Crippen LogP contribution in [0, 0.1) is 5.41 Å². The summed E-state index contributed by atoms with van der Waals surface area (Å²) in [6.45, 7) is 2.02. The maximum atomic E-state index is 13.0. The second-order valence-corrected chi connectivity index (χ2v) is 9.10. The van der Waals surface area contributed by atoms with Crippen LogP contribution in [0.2, 0.25) is 0 Å². The van der Waals surface area contributed by atoms with Crippen LogP contribution in [0.5, 0.6) is 5.75 Å². The Morgan fingerprint density at radius 1 is 1.00 bits per heavy atom. The number of amides is 3. The molecular weight excluding hydrogens is 498 g/mol. The zero-order valence-electron chi connectivity index (χ0n) is 21.7. The number of nitrogens with one attached hydrogen (secondary N) is 2. The third-order valence-electron chi connectivity index (χ3n) is 6.87. The van der Waals surface area contributed by atoms with Crippen molar-refractivity contribution in [3.63, 3.8) is 0 Å². The molecule has 0 aliphatic carbocycles. The summed E-state index contributed by atoms with van der Waals surface area (Å²) in [5.74, 6) is -1.62. The molecule has 3 aromatic carbocycles. The summed E-state index contributed by atoms with van der Waals surface area (Å²) in [4.78, 5) is 41.0. The van der Waals surface area contributed by atoms with Gasteiger partial charge in [-0.3, -0.25) is 15.1 Å². The van der Waals surface area contributed by atoms with Crippen LogP contribution >= 0.6 is 0 Å². The van der Waals surface area contributed by atoms with Gasteiger partial charge < -0.3 is 26.3 Å². The van der Waals surface area contributed by atoms with E-state index >= 15 is 0 Å². The molecule has 0 saturated heterocycles. The van der Waals surface area contributed by atoms with Crippen molar-refractivity contribution in [1.82, 2.24) is 9.88 Å². The lowest BCUT2D eigenvalue weighted by atomic mass is 9.82. The van der Waals surface area contributed by atoms with E-state index in [1.165, 1.54) is 20.2 Å². The first-order valence-electron chi connectivity index (χ1n) is 12.2. The molecule has 3 amide bonds. The molecular formula is C29H29N5O5. The predicted octanol–water partition coefficient (Wildman–Crippen LogP) is 4.52. The Bertz CT molecular complexity index is 1620. The number of primary amides is 1. The van der Waals surface area contributed by atoms with Gasteiger partial charge in [0.2, 0.25) is 0 Å². The molecule has 1 unspecified atom stereocenters. The first-order chi connectivity index (χ1) is 18.6.